The van der Waals surface area contributed by atoms with Crippen molar-refractivity contribution < 1.29 is 9.18 Å². The van der Waals surface area contributed by atoms with Crippen molar-refractivity contribution in [1.82, 2.24) is 25.0 Å². The first-order valence-corrected chi connectivity index (χ1v) is 11.1. The van der Waals surface area contributed by atoms with Crippen LogP contribution in [0.25, 0.3) is 21.8 Å². The molecule has 0 spiro atoms. The number of carbonyl (C=O) groups is 1. The molecular weight excluding hydrogens is 395 g/mol. The molecule has 166 valence electrons. The van der Waals surface area contributed by atoms with E-state index in [2.05, 4.69) is 17.2 Å². The van der Waals surface area contributed by atoms with Crippen molar-refractivity contribution in [2.75, 3.05) is 18.8 Å². The van der Waals surface area contributed by atoms with Gasteiger partial charge in [-0.2, -0.15) is 5.10 Å². The molecule has 0 aliphatic carbocycles. The number of likely N-dealkylation sites (tertiary alicyclic amines) is 1. The molecule has 2 aromatic heterocycles. The number of nitrogen functional groups attached to an aromatic ring is 1. The van der Waals surface area contributed by atoms with Crippen molar-refractivity contribution in [3.05, 3.63) is 30.0 Å². The second kappa shape index (κ2) is 8.32. The predicted octanol–water partition coefficient (Wildman–Crippen LogP) is 4.04. The lowest BCUT2D eigenvalue weighted by Crippen LogP contribution is -2.50. The van der Waals surface area contributed by atoms with Crippen LogP contribution in [0.4, 0.5) is 15.0 Å². The monoisotopic (exact) mass is 426 g/mol. The highest BCUT2D eigenvalue weighted by Gasteiger charge is 2.38. The lowest BCUT2D eigenvalue weighted by molar-refractivity contribution is 0.0694. The summed E-state index contributed by atoms with van der Waals surface area (Å²) in [6, 6.07) is 7.73. The predicted molar refractivity (Wildman–Crippen MR) is 122 cm³/mol. The molecule has 31 heavy (non-hydrogen) atoms. The topological polar surface area (TPSA) is 89.1 Å². The molecule has 4 rings (SSSR count). The fourth-order valence-corrected chi connectivity index (χ4v) is 4.43. The third-order valence-electron chi connectivity index (χ3n) is 5.99. The summed E-state index contributed by atoms with van der Waals surface area (Å²) >= 11 is 0. The Balaban J connectivity index is 1.68. The molecule has 3 heterocycles. The van der Waals surface area contributed by atoms with E-state index >= 15 is 4.39 Å². The van der Waals surface area contributed by atoms with E-state index in [0.29, 0.717) is 43.8 Å². The number of aryl methyl sites for hydroxylation is 1. The van der Waals surface area contributed by atoms with E-state index in [0.717, 1.165) is 28.4 Å². The van der Waals surface area contributed by atoms with Crippen LogP contribution in [-0.2, 0) is 13.0 Å². The molecule has 1 aliphatic rings. The van der Waals surface area contributed by atoms with Gasteiger partial charge in [-0.15, -0.1) is 0 Å². The first-order valence-electron chi connectivity index (χ1n) is 11.1. The molecule has 0 unspecified atom stereocenters. The summed E-state index contributed by atoms with van der Waals surface area (Å²) in [4.78, 5) is 18.5. The first-order chi connectivity index (χ1) is 14.8. The summed E-state index contributed by atoms with van der Waals surface area (Å²) in [7, 11) is 0. The Morgan fingerprint density at radius 2 is 2.00 bits per heavy atom. The molecule has 3 N–H and O–H groups in total. The lowest BCUT2D eigenvalue weighted by atomic mass is 9.87. The Morgan fingerprint density at radius 1 is 1.29 bits per heavy atom. The summed E-state index contributed by atoms with van der Waals surface area (Å²) < 4.78 is 17.9. The zero-order valence-corrected chi connectivity index (χ0v) is 18.5. The van der Waals surface area contributed by atoms with Gasteiger partial charge in [-0.3, -0.25) is 4.68 Å². The highest BCUT2D eigenvalue weighted by atomic mass is 19.1. The molecule has 3 aromatic rings. The van der Waals surface area contributed by atoms with Crippen LogP contribution < -0.4 is 11.1 Å². The number of rotatable bonds is 5. The van der Waals surface area contributed by atoms with E-state index in [-0.39, 0.29) is 18.5 Å². The Bertz CT molecular complexity index is 1100. The molecule has 1 aliphatic heterocycles. The number of fused-ring (bicyclic) bond motifs is 3. The maximum absolute atomic E-state index is 16.0. The minimum Gasteiger partial charge on any atom is -0.382 e. The molecule has 0 saturated carbocycles. The Kier molecular flexibility index (Phi) is 5.73. The van der Waals surface area contributed by atoms with Gasteiger partial charge in [-0.1, -0.05) is 25.1 Å². The van der Waals surface area contributed by atoms with Crippen LogP contribution in [0, 0.1) is 0 Å². The molecule has 2 amide bonds. The second-order valence-electron chi connectivity index (χ2n) is 8.83. The number of piperidine rings is 1. The summed E-state index contributed by atoms with van der Waals surface area (Å²) in [5.41, 5.74) is 7.12. The zero-order valence-electron chi connectivity index (χ0n) is 18.5. The van der Waals surface area contributed by atoms with Crippen LogP contribution in [-0.4, -0.2) is 50.5 Å². The number of benzene rings is 1. The van der Waals surface area contributed by atoms with E-state index in [4.69, 9.17) is 10.8 Å². The van der Waals surface area contributed by atoms with Crippen molar-refractivity contribution in [3.63, 3.8) is 0 Å². The number of hydrogen-bond donors (Lipinski definition) is 2. The number of halogens is 1. The number of nitrogens with zero attached hydrogens (tertiary/aromatic N) is 4. The number of aromatic nitrogens is 3. The van der Waals surface area contributed by atoms with Gasteiger partial charge in [-0.25, -0.2) is 14.2 Å². The van der Waals surface area contributed by atoms with Gasteiger partial charge in [0.15, 0.2) is 5.82 Å². The molecule has 0 bridgehead atoms. The van der Waals surface area contributed by atoms with Crippen LogP contribution in [0.15, 0.2) is 24.3 Å². The molecule has 7 nitrogen and oxygen atoms in total. The molecule has 1 aromatic carbocycles. The number of para-hydroxylation sites is 1. The number of urea groups is 1. The van der Waals surface area contributed by atoms with Gasteiger partial charge in [0.05, 0.1) is 11.2 Å². The van der Waals surface area contributed by atoms with Gasteiger partial charge < -0.3 is 16.0 Å². The van der Waals surface area contributed by atoms with Crippen molar-refractivity contribution in [2.24, 2.45) is 0 Å². The molecule has 8 heteroatoms. The smallest absolute Gasteiger partial charge is 0.317 e. The standard InChI is InChI=1S/C23H31FN6O/c1-4-11-30-18(14-23(24)9-12-29(13-10-23)22(31)26-15(2)3)19-16-7-5-6-8-17(16)27-21(25)20(19)28-30/h5-8,15H,4,9-14H2,1-3H3,(H2,25,27)(H,26,31). The molecule has 1 saturated heterocycles. The normalized spacial score (nSPS) is 16.4. The first kappa shape index (κ1) is 21.3. The zero-order chi connectivity index (χ0) is 22.2. The highest BCUT2D eigenvalue weighted by Crippen LogP contribution is 2.36. The Hall–Kier alpha value is -2.90. The Labute approximate surface area is 181 Å². The number of nitrogens with one attached hydrogen (secondary N) is 1. The summed E-state index contributed by atoms with van der Waals surface area (Å²) in [5, 5.41) is 9.45. The van der Waals surface area contributed by atoms with Gasteiger partial charge in [-0.05, 0) is 39.2 Å². The number of carbonyl (C=O) groups excluding carboxylic acids is 1. The molecule has 0 atom stereocenters. The third-order valence-corrected chi connectivity index (χ3v) is 5.99. The van der Waals surface area contributed by atoms with E-state index in [1.165, 1.54) is 0 Å². The van der Waals surface area contributed by atoms with Crippen molar-refractivity contribution in [1.29, 1.82) is 0 Å². The minimum atomic E-state index is -1.40. The van der Waals surface area contributed by atoms with Crippen LogP contribution in [0.2, 0.25) is 0 Å². The van der Waals surface area contributed by atoms with Crippen molar-refractivity contribution in [3.8, 4) is 0 Å². The summed E-state index contributed by atoms with van der Waals surface area (Å²) in [5.74, 6) is 0.373. The second-order valence-corrected chi connectivity index (χ2v) is 8.83. The fraction of sp³-hybridized carbons (Fsp3) is 0.522. The van der Waals surface area contributed by atoms with E-state index in [1.54, 1.807) is 4.90 Å². The number of nitrogens with two attached hydrogens (primary N) is 1. The molecule has 1 fully saturated rings. The van der Waals surface area contributed by atoms with Crippen molar-refractivity contribution >= 4 is 33.7 Å². The van der Waals surface area contributed by atoms with Gasteiger partial charge in [0.25, 0.3) is 0 Å². The van der Waals surface area contributed by atoms with Crippen LogP contribution >= 0.6 is 0 Å². The maximum atomic E-state index is 16.0. The number of amides is 2. The minimum absolute atomic E-state index is 0.0617. The average Bonchev–Trinajstić information content (AvgIpc) is 3.07. The van der Waals surface area contributed by atoms with Crippen LogP contribution in [0.5, 0.6) is 0 Å². The van der Waals surface area contributed by atoms with E-state index in [9.17, 15) is 4.79 Å². The summed E-state index contributed by atoms with van der Waals surface area (Å²) in [6.45, 7) is 7.42. The highest BCUT2D eigenvalue weighted by molar-refractivity contribution is 6.09. The maximum Gasteiger partial charge on any atom is 0.317 e. The summed E-state index contributed by atoms with van der Waals surface area (Å²) in [6.07, 6.45) is 1.73. The largest absolute Gasteiger partial charge is 0.382 e. The van der Waals surface area contributed by atoms with Crippen LogP contribution in [0.3, 0.4) is 0 Å². The molecular formula is C23H31FN6O. The fourth-order valence-electron chi connectivity index (χ4n) is 4.43. The van der Waals surface area contributed by atoms with E-state index < -0.39 is 5.67 Å². The number of alkyl halides is 1. The van der Waals surface area contributed by atoms with E-state index in [1.807, 2.05) is 42.8 Å². The van der Waals surface area contributed by atoms with Gasteiger partial charge >= 0.3 is 6.03 Å². The average molecular weight is 427 g/mol. The molecule has 0 radical (unpaired) electrons. The number of pyridine rings is 1. The Morgan fingerprint density at radius 3 is 2.68 bits per heavy atom. The number of hydrogen-bond acceptors (Lipinski definition) is 4. The van der Waals surface area contributed by atoms with Gasteiger partial charge in [0.1, 0.15) is 11.2 Å². The lowest BCUT2D eigenvalue weighted by Gasteiger charge is -2.37. The van der Waals surface area contributed by atoms with Gasteiger partial charge in [0.2, 0.25) is 0 Å². The number of anilines is 1. The van der Waals surface area contributed by atoms with Gasteiger partial charge in [0, 0.05) is 42.9 Å². The van der Waals surface area contributed by atoms with Crippen molar-refractivity contribution in [2.45, 2.75) is 64.7 Å². The quantitative estimate of drug-likeness (QED) is 0.644. The van der Waals surface area contributed by atoms with Crippen LogP contribution in [0.1, 0.15) is 45.7 Å². The third kappa shape index (κ3) is 4.16. The SMILES string of the molecule is CCCn1nc2c(N)nc3ccccc3c2c1CC1(F)CCN(C(=O)NC(C)C)CC1.